The highest BCUT2D eigenvalue weighted by Gasteiger charge is 2.15. The number of hydrogen-bond donors (Lipinski definition) is 1. The van der Waals surface area contributed by atoms with Crippen LogP contribution in [-0.4, -0.2) is 17.2 Å². The number of esters is 1. The average Bonchev–Trinajstić information content (AvgIpc) is 2.08. The van der Waals surface area contributed by atoms with Gasteiger partial charge in [-0.15, -0.1) is 0 Å². The number of phenols is 1. The maximum absolute atomic E-state index is 11.4. The van der Waals surface area contributed by atoms with Crippen LogP contribution in [0.2, 0.25) is 0 Å². The highest BCUT2D eigenvalue weighted by atomic mass is 127. The summed E-state index contributed by atoms with van der Waals surface area (Å²) < 4.78 is 5.61. The first kappa shape index (κ1) is 11.3. The molecule has 0 heterocycles. The Kier molecular flexibility index (Phi) is 3.74. The average molecular weight is 306 g/mol. The molecule has 4 heteroatoms. The highest BCUT2D eigenvalue weighted by molar-refractivity contribution is 14.1. The largest absolute Gasteiger partial charge is 0.506 e. The van der Waals surface area contributed by atoms with Crippen molar-refractivity contribution in [2.75, 3.05) is 0 Å². The first-order valence-electron chi connectivity index (χ1n) is 4.21. The molecule has 3 nitrogen and oxygen atoms in total. The molecule has 0 radical (unpaired) electrons. The summed E-state index contributed by atoms with van der Waals surface area (Å²) in [5.74, 6) is -0.505. The topological polar surface area (TPSA) is 46.5 Å². The minimum Gasteiger partial charge on any atom is -0.506 e. The summed E-state index contributed by atoms with van der Waals surface area (Å²) in [4.78, 5) is 11.4. The molecule has 0 atom stereocenters. The summed E-state index contributed by atoms with van der Waals surface area (Å²) in [5.41, 5.74) is 0.214. The monoisotopic (exact) mass is 306 g/mol. The second-order valence-electron chi connectivity index (χ2n) is 3.09. The first-order valence-corrected chi connectivity index (χ1v) is 5.28. The van der Waals surface area contributed by atoms with Gasteiger partial charge in [0.2, 0.25) is 0 Å². The molecule has 0 saturated heterocycles. The highest BCUT2D eigenvalue weighted by Crippen LogP contribution is 2.24. The minimum atomic E-state index is -0.490. The summed E-state index contributed by atoms with van der Waals surface area (Å²) in [6, 6.07) is 4.97. The van der Waals surface area contributed by atoms with E-state index >= 15 is 0 Å². The Labute approximate surface area is 96.2 Å². The van der Waals surface area contributed by atoms with Crippen molar-refractivity contribution in [2.45, 2.75) is 20.0 Å². The molecule has 0 aliphatic carbocycles. The van der Waals surface area contributed by atoms with Gasteiger partial charge in [-0.05, 0) is 48.6 Å². The SMILES string of the molecule is CC(C)OC(=O)c1cccc(I)c1O. The molecule has 0 amide bonds. The Balaban J connectivity index is 2.96. The number of phenolic OH excluding ortho intramolecular Hbond substituents is 1. The van der Waals surface area contributed by atoms with Crippen molar-refractivity contribution >= 4 is 28.6 Å². The Hall–Kier alpha value is -0.780. The maximum atomic E-state index is 11.4. The second-order valence-corrected chi connectivity index (χ2v) is 4.25. The number of rotatable bonds is 2. The van der Waals surface area contributed by atoms with Crippen LogP contribution in [0, 0.1) is 3.57 Å². The molecule has 0 bridgehead atoms. The zero-order valence-corrected chi connectivity index (χ0v) is 10.1. The van der Waals surface area contributed by atoms with E-state index in [0.29, 0.717) is 3.57 Å². The normalized spacial score (nSPS) is 10.3. The number of aromatic hydroxyl groups is 1. The Morgan fingerprint density at radius 2 is 2.14 bits per heavy atom. The second kappa shape index (κ2) is 4.63. The van der Waals surface area contributed by atoms with Crippen molar-refractivity contribution in [3.05, 3.63) is 27.3 Å². The van der Waals surface area contributed by atoms with Gasteiger partial charge in [-0.25, -0.2) is 4.79 Å². The summed E-state index contributed by atoms with van der Waals surface area (Å²) in [6.07, 6.45) is -0.181. The summed E-state index contributed by atoms with van der Waals surface area (Å²) in [5, 5.41) is 9.57. The van der Waals surface area contributed by atoms with Crippen molar-refractivity contribution in [2.24, 2.45) is 0 Å². The van der Waals surface area contributed by atoms with Crippen molar-refractivity contribution in [3.8, 4) is 5.75 Å². The van der Waals surface area contributed by atoms with E-state index in [2.05, 4.69) is 0 Å². The molecule has 0 aromatic heterocycles. The lowest BCUT2D eigenvalue weighted by Crippen LogP contribution is -2.11. The van der Waals surface area contributed by atoms with E-state index in [1.165, 1.54) is 0 Å². The van der Waals surface area contributed by atoms with Gasteiger partial charge in [-0.3, -0.25) is 0 Å². The number of carbonyl (C=O) groups excluding carboxylic acids is 1. The lowest BCUT2D eigenvalue weighted by atomic mass is 10.2. The zero-order valence-electron chi connectivity index (χ0n) is 7.95. The fraction of sp³-hybridized carbons (Fsp3) is 0.300. The molecule has 0 saturated carbocycles. The van der Waals surface area contributed by atoms with Crippen LogP contribution < -0.4 is 0 Å². The molecular formula is C10H11IO3. The van der Waals surface area contributed by atoms with E-state index in [4.69, 9.17) is 4.74 Å². The molecule has 1 rings (SSSR count). The van der Waals surface area contributed by atoms with E-state index in [1.54, 1.807) is 32.0 Å². The molecular weight excluding hydrogens is 295 g/mol. The molecule has 0 unspecified atom stereocenters. The number of hydrogen-bond acceptors (Lipinski definition) is 3. The number of halogens is 1. The van der Waals surface area contributed by atoms with E-state index in [0.717, 1.165) is 0 Å². The lowest BCUT2D eigenvalue weighted by Gasteiger charge is -2.09. The molecule has 0 fully saturated rings. The Morgan fingerprint density at radius 1 is 1.50 bits per heavy atom. The van der Waals surface area contributed by atoms with Gasteiger partial charge in [0.05, 0.1) is 9.67 Å². The quantitative estimate of drug-likeness (QED) is 0.675. The van der Waals surface area contributed by atoms with Crippen LogP contribution in [0.3, 0.4) is 0 Å². The number of benzene rings is 1. The predicted molar refractivity (Wildman–Crippen MR) is 61.4 cm³/mol. The molecule has 1 aromatic rings. The summed E-state index contributed by atoms with van der Waals surface area (Å²) in [6.45, 7) is 3.53. The van der Waals surface area contributed by atoms with Crippen molar-refractivity contribution in [3.63, 3.8) is 0 Å². The van der Waals surface area contributed by atoms with Gasteiger partial charge in [-0.1, -0.05) is 6.07 Å². The van der Waals surface area contributed by atoms with Gasteiger partial charge in [0.15, 0.2) is 0 Å². The molecule has 14 heavy (non-hydrogen) atoms. The zero-order chi connectivity index (χ0) is 10.7. The van der Waals surface area contributed by atoms with Gasteiger partial charge in [0.25, 0.3) is 0 Å². The van der Waals surface area contributed by atoms with Gasteiger partial charge >= 0.3 is 5.97 Å². The van der Waals surface area contributed by atoms with Gasteiger partial charge < -0.3 is 9.84 Å². The minimum absolute atomic E-state index is 0.0150. The fourth-order valence-corrected chi connectivity index (χ4v) is 1.46. The number of carbonyl (C=O) groups is 1. The van der Waals surface area contributed by atoms with Crippen molar-refractivity contribution < 1.29 is 14.6 Å². The van der Waals surface area contributed by atoms with Crippen LogP contribution in [0.25, 0.3) is 0 Å². The van der Waals surface area contributed by atoms with Crippen molar-refractivity contribution in [1.29, 1.82) is 0 Å². The lowest BCUT2D eigenvalue weighted by molar-refractivity contribution is 0.0374. The van der Waals surface area contributed by atoms with Gasteiger partial charge in [-0.2, -0.15) is 0 Å². The Bertz CT molecular complexity index is 347. The van der Waals surface area contributed by atoms with Crippen molar-refractivity contribution in [1.82, 2.24) is 0 Å². The number of ether oxygens (including phenoxy) is 1. The first-order chi connectivity index (χ1) is 6.52. The van der Waals surface area contributed by atoms with E-state index in [1.807, 2.05) is 22.6 Å². The summed E-state index contributed by atoms with van der Waals surface area (Å²) >= 11 is 1.96. The Morgan fingerprint density at radius 3 is 2.71 bits per heavy atom. The fourth-order valence-electron chi connectivity index (χ4n) is 0.958. The molecule has 0 spiro atoms. The third-order valence-electron chi connectivity index (χ3n) is 1.55. The van der Waals surface area contributed by atoms with Crippen LogP contribution in [0.15, 0.2) is 18.2 Å². The van der Waals surface area contributed by atoms with Crippen LogP contribution in [-0.2, 0) is 4.74 Å². The molecule has 1 N–H and O–H groups in total. The van der Waals surface area contributed by atoms with Crippen LogP contribution in [0.5, 0.6) is 5.75 Å². The third kappa shape index (κ3) is 2.60. The van der Waals surface area contributed by atoms with Gasteiger partial charge in [0.1, 0.15) is 11.3 Å². The smallest absolute Gasteiger partial charge is 0.342 e. The predicted octanol–water partition coefficient (Wildman–Crippen LogP) is 2.56. The van der Waals surface area contributed by atoms with Crippen LogP contribution in [0.4, 0.5) is 0 Å². The molecule has 1 aromatic carbocycles. The molecule has 0 aliphatic rings. The van der Waals surface area contributed by atoms with Crippen LogP contribution >= 0.6 is 22.6 Å². The summed E-state index contributed by atoms with van der Waals surface area (Å²) in [7, 11) is 0. The van der Waals surface area contributed by atoms with E-state index in [-0.39, 0.29) is 17.4 Å². The number of para-hydroxylation sites is 1. The standard InChI is InChI=1S/C10H11IO3/c1-6(2)14-10(13)7-4-3-5-8(11)9(7)12/h3-6,12H,1-2H3. The van der Waals surface area contributed by atoms with E-state index < -0.39 is 5.97 Å². The maximum Gasteiger partial charge on any atom is 0.342 e. The molecule has 76 valence electrons. The molecule has 0 aliphatic heterocycles. The van der Waals surface area contributed by atoms with Gasteiger partial charge in [0, 0.05) is 0 Å². The third-order valence-corrected chi connectivity index (χ3v) is 2.42. The van der Waals surface area contributed by atoms with Crippen LogP contribution in [0.1, 0.15) is 24.2 Å². The van der Waals surface area contributed by atoms with E-state index in [9.17, 15) is 9.90 Å².